The molecule has 2 aliphatic carbocycles. The van der Waals surface area contributed by atoms with Crippen LogP contribution in [0.3, 0.4) is 0 Å². The van der Waals surface area contributed by atoms with E-state index in [2.05, 4.69) is 19.2 Å². The topological polar surface area (TPSA) is 12.0 Å². The molecule has 16 heavy (non-hydrogen) atoms. The molecule has 1 unspecified atom stereocenters. The van der Waals surface area contributed by atoms with Gasteiger partial charge in [0.15, 0.2) is 0 Å². The van der Waals surface area contributed by atoms with Gasteiger partial charge in [-0.2, -0.15) is 0 Å². The average Bonchev–Trinajstić information content (AvgIpc) is 3.13. The second kappa shape index (κ2) is 6.05. The highest BCUT2D eigenvalue weighted by Crippen LogP contribution is 2.39. The van der Waals surface area contributed by atoms with Crippen LogP contribution >= 0.6 is 0 Å². The molecule has 1 nitrogen and oxygen atoms in total. The van der Waals surface area contributed by atoms with Crippen LogP contribution in [0.5, 0.6) is 0 Å². The van der Waals surface area contributed by atoms with Crippen LogP contribution in [0, 0.1) is 17.8 Å². The molecule has 2 fully saturated rings. The van der Waals surface area contributed by atoms with E-state index in [1.54, 1.807) is 0 Å². The third-order valence-electron chi connectivity index (χ3n) is 4.79. The second-order valence-electron chi connectivity index (χ2n) is 6.03. The fourth-order valence-corrected chi connectivity index (χ4v) is 3.42. The first kappa shape index (κ1) is 12.4. The molecule has 1 N–H and O–H groups in total. The van der Waals surface area contributed by atoms with Gasteiger partial charge in [-0.1, -0.05) is 46.0 Å². The van der Waals surface area contributed by atoms with Gasteiger partial charge in [0.1, 0.15) is 0 Å². The smallest absolute Gasteiger partial charge is 0.00978 e. The van der Waals surface area contributed by atoms with E-state index >= 15 is 0 Å². The van der Waals surface area contributed by atoms with E-state index in [1.165, 1.54) is 51.4 Å². The largest absolute Gasteiger partial charge is 0.314 e. The van der Waals surface area contributed by atoms with Crippen LogP contribution in [0.15, 0.2) is 0 Å². The van der Waals surface area contributed by atoms with E-state index in [-0.39, 0.29) is 0 Å². The van der Waals surface area contributed by atoms with Crippen LogP contribution in [0.4, 0.5) is 0 Å². The van der Waals surface area contributed by atoms with E-state index in [4.69, 9.17) is 0 Å². The van der Waals surface area contributed by atoms with Crippen molar-refractivity contribution < 1.29 is 0 Å². The van der Waals surface area contributed by atoms with Crippen molar-refractivity contribution in [1.82, 2.24) is 5.32 Å². The van der Waals surface area contributed by atoms with E-state index in [0.717, 1.165) is 30.3 Å². The quantitative estimate of drug-likeness (QED) is 0.718. The summed E-state index contributed by atoms with van der Waals surface area (Å²) in [4.78, 5) is 0. The fraction of sp³-hybridized carbons (Fsp3) is 1.00. The minimum atomic E-state index is 0.843. The van der Waals surface area contributed by atoms with Crippen LogP contribution in [0.1, 0.15) is 65.2 Å². The summed E-state index contributed by atoms with van der Waals surface area (Å²) in [6.45, 7) is 5.78. The normalized spacial score (nSPS) is 32.6. The zero-order valence-electron chi connectivity index (χ0n) is 11.2. The number of hydrogen-bond acceptors (Lipinski definition) is 1. The van der Waals surface area contributed by atoms with Gasteiger partial charge in [0.05, 0.1) is 0 Å². The Morgan fingerprint density at radius 1 is 0.938 bits per heavy atom. The van der Waals surface area contributed by atoms with Crippen LogP contribution in [0.2, 0.25) is 0 Å². The summed E-state index contributed by atoms with van der Waals surface area (Å²) in [5.74, 6) is 3.11. The van der Waals surface area contributed by atoms with E-state index in [0.29, 0.717) is 0 Å². The molecular weight excluding hydrogens is 194 g/mol. The molecule has 0 aromatic carbocycles. The maximum Gasteiger partial charge on any atom is 0.00978 e. The van der Waals surface area contributed by atoms with Crippen molar-refractivity contribution in [2.24, 2.45) is 17.8 Å². The van der Waals surface area contributed by atoms with Crippen molar-refractivity contribution in [3.63, 3.8) is 0 Å². The van der Waals surface area contributed by atoms with Crippen LogP contribution in [-0.2, 0) is 0 Å². The first-order valence-corrected chi connectivity index (χ1v) is 7.56. The van der Waals surface area contributed by atoms with Gasteiger partial charge < -0.3 is 5.32 Å². The summed E-state index contributed by atoms with van der Waals surface area (Å²) in [5, 5.41) is 3.76. The van der Waals surface area contributed by atoms with Gasteiger partial charge in [-0.25, -0.2) is 0 Å². The summed E-state index contributed by atoms with van der Waals surface area (Å²) < 4.78 is 0. The van der Waals surface area contributed by atoms with Gasteiger partial charge in [0.25, 0.3) is 0 Å². The monoisotopic (exact) mass is 223 g/mol. The maximum absolute atomic E-state index is 3.76. The van der Waals surface area contributed by atoms with Gasteiger partial charge >= 0.3 is 0 Å². The molecule has 0 spiro atoms. The van der Waals surface area contributed by atoms with Crippen molar-refractivity contribution in [3.8, 4) is 0 Å². The minimum absolute atomic E-state index is 0.843. The molecule has 0 aromatic rings. The maximum atomic E-state index is 3.76. The third-order valence-corrected chi connectivity index (χ3v) is 4.79. The Balaban J connectivity index is 1.78. The molecule has 2 saturated carbocycles. The predicted octanol–water partition coefficient (Wildman–Crippen LogP) is 3.98. The molecular formula is C15H29N. The Bertz CT molecular complexity index is 190. The predicted molar refractivity (Wildman–Crippen MR) is 70.5 cm³/mol. The molecule has 0 aliphatic heterocycles. The van der Waals surface area contributed by atoms with Crippen molar-refractivity contribution in [1.29, 1.82) is 0 Å². The lowest BCUT2D eigenvalue weighted by molar-refractivity contribution is 0.208. The van der Waals surface area contributed by atoms with Gasteiger partial charge in [0.2, 0.25) is 0 Å². The van der Waals surface area contributed by atoms with Gasteiger partial charge in [-0.3, -0.25) is 0 Å². The molecule has 2 rings (SSSR count). The summed E-state index contributed by atoms with van der Waals surface area (Å²) in [7, 11) is 0. The Labute approximate surface area is 101 Å². The van der Waals surface area contributed by atoms with Crippen molar-refractivity contribution in [2.45, 2.75) is 71.3 Å². The standard InChI is InChI=1S/C15H29N/c1-3-12-7-9-14(10-8-12)15(16-4-2)11-13-5-6-13/h12-16H,3-11H2,1-2H3. The van der Waals surface area contributed by atoms with E-state index in [1.807, 2.05) is 0 Å². The lowest BCUT2D eigenvalue weighted by Gasteiger charge is -2.34. The molecule has 0 radical (unpaired) electrons. The Morgan fingerprint density at radius 2 is 1.56 bits per heavy atom. The molecule has 0 amide bonds. The molecule has 94 valence electrons. The van der Waals surface area contributed by atoms with Crippen molar-refractivity contribution in [2.75, 3.05) is 6.54 Å². The molecule has 0 heterocycles. The van der Waals surface area contributed by atoms with E-state index < -0.39 is 0 Å². The zero-order chi connectivity index (χ0) is 11.4. The van der Waals surface area contributed by atoms with Crippen LogP contribution in [0.25, 0.3) is 0 Å². The SMILES string of the molecule is CCNC(CC1CC1)C1CCC(CC)CC1. The molecule has 0 aromatic heterocycles. The molecule has 0 saturated heterocycles. The Kier molecular flexibility index (Phi) is 4.69. The highest BCUT2D eigenvalue weighted by molar-refractivity contribution is 4.86. The Morgan fingerprint density at radius 3 is 2.06 bits per heavy atom. The molecule has 1 atom stereocenters. The van der Waals surface area contributed by atoms with Gasteiger partial charge in [-0.05, 0) is 43.6 Å². The van der Waals surface area contributed by atoms with E-state index in [9.17, 15) is 0 Å². The number of nitrogens with one attached hydrogen (secondary N) is 1. The third kappa shape index (κ3) is 3.48. The van der Waals surface area contributed by atoms with Crippen molar-refractivity contribution >= 4 is 0 Å². The van der Waals surface area contributed by atoms with Gasteiger partial charge in [-0.15, -0.1) is 0 Å². The first-order chi connectivity index (χ1) is 7.83. The average molecular weight is 223 g/mol. The van der Waals surface area contributed by atoms with Gasteiger partial charge in [0, 0.05) is 6.04 Å². The summed E-state index contributed by atoms with van der Waals surface area (Å²) in [6, 6.07) is 0.843. The fourth-order valence-electron chi connectivity index (χ4n) is 3.42. The minimum Gasteiger partial charge on any atom is -0.314 e. The molecule has 2 aliphatic rings. The summed E-state index contributed by atoms with van der Waals surface area (Å²) in [6.07, 6.45) is 11.8. The summed E-state index contributed by atoms with van der Waals surface area (Å²) in [5.41, 5.74) is 0. The highest BCUT2D eigenvalue weighted by atomic mass is 14.9. The first-order valence-electron chi connectivity index (χ1n) is 7.56. The Hall–Kier alpha value is -0.0400. The summed E-state index contributed by atoms with van der Waals surface area (Å²) >= 11 is 0. The van der Waals surface area contributed by atoms with Crippen LogP contribution < -0.4 is 5.32 Å². The second-order valence-corrected chi connectivity index (χ2v) is 6.03. The lowest BCUT2D eigenvalue weighted by Crippen LogP contribution is -2.38. The zero-order valence-corrected chi connectivity index (χ0v) is 11.2. The lowest BCUT2D eigenvalue weighted by atomic mass is 9.76. The highest BCUT2D eigenvalue weighted by Gasteiger charge is 2.31. The molecule has 1 heteroatoms. The number of hydrogen-bond donors (Lipinski definition) is 1. The molecule has 0 bridgehead atoms. The van der Waals surface area contributed by atoms with Crippen molar-refractivity contribution in [3.05, 3.63) is 0 Å². The number of rotatable bonds is 6. The van der Waals surface area contributed by atoms with Crippen LogP contribution in [-0.4, -0.2) is 12.6 Å².